The molecule has 1 aliphatic rings. The van der Waals surface area contributed by atoms with Crippen LogP contribution in [0.1, 0.15) is 25.0 Å². The highest BCUT2D eigenvalue weighted by Crippen LogP contribution is 2.38. The van der Waals surface area contributed by atoms with Crippen LogP contribution < -0.4 is 14.5 Å². The van der Waals surface area contributed by atoms with Crippen molar-refractivity contribution in [2.24, 2.45) is 5.10 Å². The smallest absolute Gasteiger partial charge is 0.280 e. The highest BCUT2D eigenvalue weighted by Gasteiger charge is 2.28. The molecule has 4 rings (SSSR count). The highest BCUT2D eigenvalue weighted by molar-refractivity contribution is 9.10. The van der Waals surface area contributed by atoms with Crippen LogP contribution in [-0.4, -0.2) is 18.2 Å². The van der Waals surface area contributed by atoms with Crippen molar-refractivity contribution in [3.05, 3.63) is 92.4 Å². The minimum absolute atomic E-state index is 0.164. The number of amides is 1. The number of ether oxygens (including phenoxy) is 2. The van der Waals surface area contributed by atoms with Crippen LogP contribution in [0.2, 0.25) is 0 Å². The second kappa shape index (κ2) is 10.4. The third kappa shape index (κ3) is 5.37. The van der Waals surface area contributed by atoms with Crippen LogP contribution in [0.5, 0.6) is 11.5 Å². The van der Waals surface area contributed by atoms with Gasteiger partial charge in [-0.1, -0.05) is 46.3 Å². The number of hydrazone groups is 1. The van der Waals surface area contributed by atoms with Gasteiger partial charge in [0, 0.05) is 4.47 Å². The Labute approximate surface area is 210 Å². The van der Waals surface area contributed by atoms with Gasteiger partial charge in [0.15, 0.2) is 11.5 Å². The van der Waals surface area contributed by atoms with Gasteiger partial charge in [-0.3, -0.25) is 4.79 Å². The van der Waals surface area contributed by atoms with E-state index in [1.807, 2.05) is 86.7 Å². The van der Waals surface area contributed by atoms with Crippen LogP contribution in [-0.2, 0) is 11.4 Å². The fourth-order valence-electron chi connectivity index (χ4n) is 3.41. The molecule has 0 atom stereocenters. The molecule has 33 heavy (non-hydrogen) atoms. The summed E-state index contributed by atoms with van der Waals surface area (Å²) in [5, 5.41) is 5.87. The zero-order valence-electron chi connectivity index (χ0n) is 18.2. The summed E-state index contributed by atoms with van der Waals surface area (Å²) in [6.45, 7) is 4.65. The van der Waals surface area contributed by atoms with Crippen molar-refractivity contribution >= 4 is 55.2 Å². The molecule has 0 bridgehead atoms. The van der Waals surface area contributed by atoms with E-state index in [4.69, 9.17) is 9.47 Å². The van der Waals surface area contributed by atoms with E-state index in [0.29, 0.717) is 36.0 Å². The van der Waals surface area contributed by atoms with Crippen molar-refractivity contribution < 1.29 is 14.3 Å². The van der Waals surface area contributed by atoms with Crippen LogP contribution in [0.15, 0.2) is 86.3 Å². The predicted octanol–water partition coefficient (Wildman–Crippen LogP) is 7.00. The lowest BCUT2D eigenvalue weighted by Gasteiger charge is -2.15. The predicted molar refractivity (Wildman–Crippen MR) is 139 cm³/mol. The number of para-hydroxylation sites is 1. The van der Waals surface area contributed by atoms with Gasteiger partial charge < -0.3 is 9.47 Å². The lowest BCUT2D eigenvalue weighted by atomic mass is 10.1. The van der Waals surface area contributed by atoms with Gasteiger partial charge in [-0.25, -0.2) is 0 Å². The molecule has 7 heteroatoms. The molecule has 0 N–H and O–H groups in total. The summed E-state index contributed by atoms with van der Waals surface area (Å²) < 4.78 is 13.7. The molecule has 3 aromatic carbocycles. The Hall–Kier alpha value is -2.90. The lowest BCUT2D eigenvalue weighted by molar-refractivity contribution is -0.114. The Kier molecular flexibility index (Phi) is 7.30. The van der Waals surface area contributed by atoms with Crippen molar-refractivity contribution in [3.8, 4) is 11.5 Å². The van der Waals surface area contributed by atoms with Crippen molar-refractivity contribution in [2.45, 2.75) is 20.5 Å². The van der Waals surface area contributed by atoms with Gasteiger partial charge in [-0.2, -0.15) is 10.1 Å². The first-order valence-electron chi connectivity index (χ1n) is 10.5. The second-order valence-electron chi connectivity index (χ2n) is 7.37. The molecular weight excluding hydrogens is 548 g/mol. The molecule has 0 unspecified atom stereocenters. The minimum atomic E-state index is -0.164. The van der Waals surface area contributed by atoms with Gasteiger partial charge in [-0.05, 0) is 83.4 Å². The number of hydrogen-bond acceptors (Lipinski definition) is 4. The quantitative estimate of drug-likeness (QED) is 0.288. The fourth-order valence-corrected chi connectivity index (χ4v) is 4.24. The summed E-state index contributed by atoms with van der Waals surface area (Å²) in [7, 11) is 0. The van der Waals surface area contributed by atoms with Crippen molar-refractivity contribution in [1.82, 2.24) is 0 Å². The van der Waals surface area contributed by atoms with E-state index in [1.54, 1.807) is 0 Å². The lowest BCUT2D eigenvalue weighted by Crippen LogP contribution is -2.21. The van der Waals surface area contributed by atoms with E-state index in [1.165, 1.54) is 5.01 Å². The Balaban J connectivity index is 1.60. The van der Waals surface area contributed by atoms with E-state index >= 15 is 0 Å². The van der Waals surface area contributed by atoms with Crippen LogP contribution in [0.4, 0.5) is 5.69 Å². The van der Waals surface area contributed by atoms with E-state index in [-0.39, 0.29) is 5.91 Å². The Morgan fingerprint density at radius 1 is 1.00 bits per heavy atom. The molecular formula is C26H22Br2N2O3. The van der Waals surface area contributed by atoms with Crippen LogP contribution in [0.25, 0.3) is 6.08 Å². The van der Waals surface area contributed by atoms with Gasteiger partial charge in [0.05, 0.1) is 28.1 Å². The summed E-state index contributed by atoms with van der Waals surface area (Å²) in [4.78, 5) is 13.0. The number of anilines is 1. The molecule has 1 heterocycles. The molecule has 0 saturated heterocycles. The van der Waals surface area contributed by atoms with Crippen LogP contribution in [0.3, 0.4) is 0 Å². The molecule has 1 amide bonds. The number of halogens is 2. The molecule has 0 aromatic heterocycles. The molecule has 0 saturated carbocycles. The molecule has 1 aliphatic heterocycles. The largest absolute Gasteiger partial charge is 0.490 e. The van der Waals surface area contributed by atoms with Crippen molar-refractivity contribution in [1.29, 1.82) is 0 Å². The number of hydrogen-bond donors (Lipinski definition) is 0. The van der Waals surface area contributed by atoms with Gasteiger partial charge in [0.25, 0.3) is 5.91 Å². The maximum absolute atomic E-state index is 13.0. The normalized spacial score (nSPS) is 14.5. The molecule has 3 aromatic rings. The zero-order valence-corrected chi connectivity index (χ0v) is 21.4. The third-order valence-corrected chi connectivity index (χ3v) is 6.12. The van der Waals surface area contributed by atoms with E-state index in [2.05, 4.69) is 37.0 Å². The first-order chi connectivity index (χ1) is 16.0. The summed E-state index contributed by atoms with van der Waals surface area (Å²) in [5.41, 5.74) is 3.79. The molecule has 0 radical (unpaired) electrons. The molecule has 0 aliphatic carbocycles. The van der Waals surface area contributed by atoms with E-state index in [0.717, 1.165) is 25.8 Å². The zero-order chi connectivity index (χ0) is 23.4. The Morgan fingerprint density at radius 3 is 2.42 bits per heavy atom. The number of benzene rings is 3. The number of nitrogens with zero attached hydrogens (tertiary/aromatic N) is 2. The highest BCUT2D eigenvalue weighted by atomic mass is 79.9. The average molecular weight is 570 g/mol. The first kappa shape index (κ1) is 23.3. The van der Waals surface area contributed by atoms with Gasteiger partial charge in [-0.15, -0.1) is 0 Å². The van der Waals surface area contributed by atoms with Crippen LogP contribution in [0, 0.1) is 0 Å². The monoisotopic (exact) mass is 568 g/mol. The topological polar surface area (TPSA) is 51.1 Å². The molecule has 0 spiro atoms. The van der Waals surface area contributed by atoms with Crippen molar-refractivity contribution in [3.63, 3.8) is 0 Å². The molecule has 168 valence electrons. The minimum Gasteiger partial charge on any atom is -0.490 e. The maximum Gasteiger partial charge on any atom is 0.280 e. The number of rotatable bonds is 7. The number of carbonyl (C=O) groups excluding carboxylic acids is 1. The molecule has 0 fully saturated rings. The Bertz CT molecular complexity index is 1220. The second-order valence-corrected chi connectivity index (χ2v) is 9.14. The SMILES string of the molecule is CCOc1cc(/C=C2/C(=O)N(c3ccccc3)N=C2C)cc(Br)c1OCc1ccc(Br)cc1. The number of carbonyl (C=O) groups is 1. The Morgan fingerprint density at radius 2 is 1.73 bits per heavy atom. The first-order valence-corrected chi connectivity index (χ1v) is 12.0. The summed E-state index contributed by atoms with van der Waals surface area (Å²) >= 11 is 7.06. The average Bonchev–Trinajstić information content (AvgIpc) is 3.09. The van der Waals surface area contributed by atoms with Gasteiger partial charge in [0.1, 0.15) is 6.61 Å². The van der Waals surface area contributed by atoms with Crippen molar-refractivity contribution in [2.75, 3.05) is 11.6 Å². The summed E-state index contributed by atoms with van der Waals surface area (Å²) in [5.74, 6) is 1.06. The molecule has 5 nitrogen and oxygen atoms in total. The third-order valence-electron chi connectivity index (χ3n) is 5.00. The fraction of sp³-hybridized carbons (Fsp3) is 0.154. The summed E-state index contributed by atoms with van der Waals surface area (Å²) in [6.07, 6.45) is 1.83. The van der Waals surface area contributed by atoms with Crippen LogP contribution >= 0.6 is 31.9 Å². The van der Waals surface area contributed by atoms with E-state index < -0.39 is 0 Å². The van der Waals surface area contributed by atoms with Gasteiger partial charge in [0.2, 0.25) is 0 Å². The summed E-state index contributed by atoms with van der Waals surface area (Å²) in [6, 6.07) is 21.2. The standard InChI is InChI=1S/C26H22Br2N2O3/c1-3-32-24-15-19(14-23(28)25(24)33-16-18-9-11-20(27)12-10-18)13-22-17(2)29-30(26(22)31)21-7-5-4-6-8-21/h4-15H,3,16H2,1-2H3/b22-13+. The van der Waals surface area contributed by atoms with E-state index in [9.17, 15) is 4.79 Å². The van der Waals surface area contributed by atoms with Gasteiger partial charge >= 0.3 is 0 Å². The maximum atomic E-state index is 13.0.